The summed E-state index contributed by atoms with van der Waals surface area (Å²) < 4.78 is 35.1. The number of sulfone groups is 1. The van der Waals surface area contributed by atoms with E-state index in [4.69, 9.17) is 11.5 Å². The lowest BCUT2D eigenvalue weighted by atomic mass is 10.1. The van der Waals surface area contributed by atoms with E-state index in [2.05, 4.69) is 4.99 Å². The second-order valence-corrected chi connectivity index (χ2v) is 7.51. The van der Waals surface area contributed by atoms with Crippen molar-refractivity contribution in [3.63, 3.8) is 0 Å². The maximum Gasteiger partial charge on any atom is 0.280 e. The third-order valence-corrected chi connectivity index (χ3v) is 4.68. The summed E-state index contributed by atoms with van der Waals surface area (Å²) in [5, 5.41) is 0. The van der Waals surface area contributed by atoms with Gasteiger partial charge in [-0.25, -0.2) is 8.42 Å². The Kier molecular flexibility index (Phi) is 4.79. The van der Waals surface area contributed by atoms with Crippen molar-refractivity contribution in [2.45, 2.75) is 16.7 Å². The summed E-state index contributed by atoms with van der Waals surface area (Å²) in [6.07, 6.45) is 2.34. The topological polar surface area (TPSA) is 139 Å². The van der Waals surface area contributed by atoms with E-state index in [9.17, 15) is 17.8 Å². The molecule has 0 heterocycles. The zero-order chi connectivity index (χ0) is 15.7. The SMILES string of the molecule is Cc1cc([S+](C)[O-])c(S(C)(=O)=O)cc1C(=O)N=C(N)N. The van der Waals surface area contributed by atoms with Crippen LogP contribution in [0.5, 0.6) is 0 Å². The molecule has 110 valence electrons. The fraction of sp³-hybridized carbons (Fsp3) is 0.273. The molecule has 0 spiro atoms. The molecule has 0 aliphatic carbocycles. The first-order valence-corrected chi connectivity index (χ1v) is 8.81. The molecule has 0 saturated carbocycles. The minimum atomic E-state index is -3.64. The second-order valence-electron chi connectivity index (χ2n) is 4.18. The van der Waals surface area contributed by atoms with Gasteiger partial charge in [-0.15, -0.1) is 0 Å². The van der Waals surface area contributed by atoms with Crippen LogP contribution in [-0.4, -0.2) is 37.3 Å². The van der Waals surface area contributed by atoms with Crippen molar-refractivity contribution in [2.24, 2.45) is 16.5 Å². The quantitative estimate of drug-likeness (QED) is 0.440. The fourth-order valence-corrected chi connectivity index (χ4v) is 3.83. The Labute approximate surface area is 120 Å². The van der Waals surface area contributed by atoms with E-state index >= 15 is 0 Å². The molecule has 0 bridgehead atoms. The van der Waals surface area contributed by atoms with E-state index in [1.165, 1.54) is 12.3 Å². The van der Waals surface area contributed by atoms with Crippen molar-refractivity contribution in [1.82, 2.24) is 0 Å². The summed E-state index contributed by atoms with van der Waals surface area (Å²) >= 11 is -1.51. The minimum Gasteiger partial charge on any atom is -0.612 e. The molecule has 1 amide bonds. The van der Waals surface area contributed by atoms with E-state index in [-0.39, 0.29) is 15.4 Å². The molecule has 0 saturated heterocycles. The van der Waals surface area contributed by atoms with Crippen LogP contribution >= 0.6 is 0 Å². The molecule has 1 rings (SSSR count). The Morgan fingerprint density at radius 3 is 2.30 bits per heavy atom. The number of aliphatic imine (C=N–C) groups is 1. The normalized spacial score (nSPS) is 12.8. The number of guanidine groups is 1. The number of carbonyl (C=O) groups excluding carboxylic acids is 1. The molecule has 7 nitrogen and oxygen atoms in total. The summed E-state index contributed by atoms with van der Waals surface area (Å²) in [5.74, 6) is -1.17. The molecule has 0 aliphatic rings. The van der Waals surface area contributed by atoms with E-state index in [1.54, 1.807) is 6.92 Å². The highest BCUT2D eigenvalue weighted by Gasteiger charge is 2.24. The Morgan fingerprint density at radius 2 is 1.90 bits per heavy atom. The van der Waals surface area contributed by atoms with Crippen LogP contribution < -0.4 is 11.5 Å². The van der Waals surface area contributed by atoms with E-state index < -0.39 is 32.9 Å². The molecule has 1 aromatic rings. The number of nitrogens with zero attached hydrogens (tertiary/aromatic N) is 1. The summed E-state index contributed by atoms with van der Waals surface area (Å²) in [4.78, 5) is 15.2. The van der Waals surface area contributed by atoms with E-state index in [0.29, 0.717) is 5.56 Å². The lowest BCUT2D eigenvalue weighted by Gasteiger charge is -2.12. The van der Waals surface area contributed by atoms with Crippen LogP contribution in [0, 0.1) is 6.92 Å². The van der Waals surface area contributed by atoms with E-state index in [0.717, 1.165) is 12.3 Å². The number of aryl methyl sites for hydroxylation is 1. The highest BCUT2D eigenvalue weighted by atomic mass is 32.2. The zero-order valence-electron chi connectivity index (χ0n) is 11.2. The molecular weight excluding hydrogens is 302 g/mol. The van der Waals surface area contributed by atoms with Gasteiger partial charge in [-0.2, -0.15) is 4.99 Å². The van der Waals surface area contributed by atoms with Gasteiger partial charge in [0.1, 0.15) is 11.2 Å². The van der Waals surface area contributed by atoms with Crippen molar-refractivity contribution < 1.29 is 17.8 Å². The van der Waals surface area contributed by atoms with Crippen LogP contribution in [0.25, 0.3) is 0 Å². The Morgan fingerprint density at radius 1 is 1.35 bits per heavy atom. The first-order valence-electron chi connectivity index (χ1n) is 5.36. The lowest BCUT2D eigenvalue weighted by Crippen LogP contribution is -2.24. The summed E-state index contributed by atoms with van der Waals surface area (Å²) in [6.45, 7) is 1.58. The van der Waals surface area contributed by atoms with Crippen LogP contribution in [-0.2, 0) is 21.0 Å². The van der Waals surface area contributed by atoms with Gasteiger partial charge in [0, 0.05) is 11.8 Å². The summed E-state index contributed by atoms with van der Waals surface area (Å²) in [5.41, 5.74) is 10.7. The Hall–Kier alpha value is -1.58. The van der Waals surface area contributed by atoms with Crippen LogP contribution in [0.3, 0.4) is 0 Å². The average molecular weight is 317 g/mol. The summed E-state index contributed by atoms with van der Waals surface area (Å²) in [7, 11) is -3.64. The molecule has 1 aromatic carbocycles. The molecular formula is C11H15N3O4S2. The van der Waals surface area contributed by atoms with Gasteiger partial charge < -0.3 is 16.0 Å². The highest BCUT2D eigenvalue weighted by Crippen LogP contribution is 2.25. The van der Waals surface area contributed by atoms with Crippen LogP contribution in [0.1, 0.15) is 15.9 Å². The van der Waals surface area contributed by atoms with Crippen molar-refractivity contribution >= 4 is 32.9 Å². The molecule has 0 aromatic heterocycles. The Balaban J connectivity index is 3.60. The Bertz CT molecular complexity index is 677. The predicted molar refractivity (Wildman–Crippen MR) is 76.8 cm³/mol. The van der Waals surface area contributed by atoms with Crippen molar-refractivity contribution in [1.29, 1.82) is 0 Å². The van der Waals surface area contributed by atoms with Gasteiger partial charge in [0.15, 0.2) is 20.7 Å². The lowest BCUT2D eigenvalue weighted by molar-refractivity contribution is 0.100. The van der Waals surface area contributed by atoms with Crippen molar-refractivity contribution in [2.75, 3.05) is 12.5 Å². The average Bonchev–Trinajstić information content (AvgIpc) is 2.25. The van der Waals surface area contributed by atoms with Crippen LogP contribution in [0.4, 0.5) is 0 Å². The van der Waals surface area contributed by atoms with Gasteiger partial charge in [0.25, 0.3) is 5.91 Å². The number of hydrogen-bond donors (Lipinski definition) is 2. The third kappa shape index (κ3) is 3.71. The van der Waals surface area contributed by atoms with Gasteiger partial charge in [-0.05, 0) is 35.8 Å². The van der Waals surface area contributed by atoms with Gasteiger partial charge in [-0.3, -0.25) is 4.79 Å². The zero-order valence-corrected chi connectivity index (χ0v) is 12.8. The largest absolute Gasteiger partial charge is 0.612 e. The molecule has 0 radical (unpaired) electrons. The summed E-state index contributed by atoms with van der Waals surface area (Å²) in [6, 6.07) is 2.54. The number of carbonyl (C=O) groups is 1. The number of benzene rings is 1. The van der Waals surface area contributed by atoms with Crippen molar-refractivity contribution in [3.05, 3.63) is 23.3 Å². The second kappa shape index (κ2) is 5.81. The van der Waals surface area contributed by atoms with Gasteiger partial charge in [0.2, 0.25) is 0 Å². The predicted octanol–water partition coefficient (Wildman–Crippen LogP) is -0.450. The number of nitrogens with two attached hydrogens (primary N) is 2. The molecule has 4 N–H and O–H groups in total. The van der Waals surface area contributed by atoms with Crippen LogP contribution in [0.2, 0.25) is 0 Å². The standard InChI is InChI=1S/C11H15N3O4S2/c1-6-4-8(19(2)16)9(20(3,17)18)5-7(6)10(15)14-11(12)13/h4-5H,1-3H3,(H4,12,13,14,15). The maximum absolute atomic E-state index is 11.8. The molecule has 1 unspecified atom stereocenters. The monoisotopic (exact) mass is 317 g/mol. The molecule has 20 heavy (non-hydrogen) atoms. The maximum atomic E-state index is 11.8. The van der Waals surface area contributed by atoms with Gasteiger partial charge >= 0.3 is 0 Å². The highest BCUT2D eigenvalue weighted by molar-refractivity contribution is 7.93. The van der Waals surface area contributed by atoms with Gasteiger partial charge in [0.05, 0.1) is 0 Å². The first kappa shape index (κ1) is 16.5. The smallest absolute Gasteiger partial charge is 0.280 e. The van der Waals surface area contributed by atoms with Crippen LogP contribution in [0.15, 0.2) is 26.9 Å². The molecule has 0 aliphatic heterocycles. The van der Waals surface area contributed by atoms with Gasteiger partial charge in [-0.1, -0.05) is 0 Å². The molecule has 9 heteroatoms. The molecule has 0 fully saturated rings. The minimum absolute atomic E-state index is 0.0491. The van der Waals surface area contributed by atoms with E-state index in [1.807, 2.05) is 0 Å². The fourth-order valence-electron chi connectivity index (χ4n) is 1.58. The molecule has 1 atom stereocenters. The third-order valence-electron chi connectivity index (χ3n) is 2.46. The number of amides is 1. The van der Waals surface area contributed by atoms with Crippen molar-refractivity contribution in [3.8, 4) is 0 Å². The number of rotatable bonds is 3. The first-order chi connectivity index (χ1) is 9.04. The number of hydrogen-bond acceptors (Lipinski definition) is 4.